The molecule has 0 aliphatic carbocycles. The van der Waals surface area contributed by atoms with Crippen LogP contribution in [-0.4, -0.2) is 22.5 Å². The lowest BCUT2D eigenvalue weighted by molar-refractivity contribution is -0.274. The van der Waals surface area contributed by atoms with E-state index in [2.05, 4.69) is 20.3 Å². The largest absolute Gasteiger partial charge is 0.573 e. The first-order valence-corrected chi connectivity index (χ1v) is 11.1. The van der Waals surface area contributed by atoms with Gasteiger partial charge in [-0.1, -0.05) is 37.3 Å². The number of aromatic nitrogens is 2. The van der Waals surface area contributed by atoms with E-state index in [0.717, 1.165) is 36.4 Å². The molecule has 0 spiro atoms. The molecular formula is C21H29F3N6O2S. The number of ether oxygens (including phenoxy) is 1. The number of carbonyl (C=O) groups is 1. The first kappa shape index (κ1) is 27.8. The van der Waals surface area contributed by atoms with Crippen molar-refractivity contribution in [2.75, 3.05) is 5.73 Å². The van der Waals surface area contributed by atoms with Crippen LogP contribution in [0.1, 0.15) is 43.7 Å². The molecule has 0 saturated heterocycles. The number of unbranched alkanes of at least 4 members (excludes halogenated alkanes) is 1. The second-order valence-corrected chi connectivity index (χ2v) is 7.62. The Morgan fingerprint density at radius 3 is 2.55 bits per heavy atom. The minimum absolute atomic E-state index is 0.0694. The lowest BCUT2D eigenvalue weighted by Gasteiger charge is -2.10. The second kappa shape index (κ2) is 14.0. The maximum Gasteiger partial charge on any atom is 0.573 e. The summed E-state index contributed by atoms with van der Waals surface area (Å²) in [6, 6.07) is 5.17. The number of allylic oxidation sites excluding steroid dienone is 3. The third-order valence-electron chi connectivity index (χ3n) is 3.85. The van der Waals surface area contributed by atoms with Gasteiger partial charge in [0.15, 0.2) is 0 Å². The van der Waals surface area contributed by atoms with Gasteiger partial charge in [-0.15, -0.1) is 23.4 Å². The van der Waals surface area contributed by atoms with Crippen molar-refractivity contribution in [1.82, 2.24) is 15.5 Å². The molecule has 33 heavy (non-hydrogen) atoms. The van der Waals surface area contributed by atoms with Crippen molar-refractivity contribution in [2.24, 2.45) is 11.5 Å². The molecule has 0 fully saturated rings. The Bertz CT molecular complexity index is 944. The molecule has 1 amide bonds. The number of halogens is 3. The summed E-state index contributed by atoms with van der Waals surface area (Å²) in [5, 5.41) is 11.5. The van der Waals surface area contributed by atoms with E-state index in [9.17, 15) is 18.0 Å². The standard InChI is InChI=1S/C19H23F3N6O2S.C2H6/c20-19(21,22)30-14-6-3-4-12(10-14)11-16(29)26-15(24)9-8-13(23)5-1-2-7-17-27-28-18(25)31-17;1-2/h3-4,6,8-10H,1-2,5,7,11,23-24H2,(H2,25,28)(H,26,29);1-2H3/b13-8-,15-9+;. The summed E-state index contributed by atoms with van der Waals surface area (Å²) < 4.78 is 40.7. The van der Waals surface area contributed by atoms with Crippen LogP contribution in [0.4, 0.5) is 18.3 Å². The number of benzene rings is 1. The van der Waals surface area contributed by atoms with Gasteiger partial charge in [0.25, 0.3) is 0 Å². The van der Waals surface area contributed by atoms with Crippen molar-refractivity contribution in [2.45, 2.75) is 52.3 Å². The quantitative estimate of drug-likeness (QED) is 0.296. The van der Waals surface area contributed by atoms with E-state index in [1.165, 1.54) is 29.5 Å². The van der Waals surface area contributed by atoms with Crippen LogP contribution in [0.15, 0.2) is 47.9 Å². The predicted octanol–water partition coefficient (Wildman–Crippen LogP) is 3.76. The number of hydrogen-bond donors (Lipinski definition) is 4. The second-order valence-electron chi connectivity index (χ2n) is 6.52. The van der Waals surface area contributed by atoms with Crippen molar-refractivity contribution < 1.29 is 22.7 Å². The fourth-order valence-corrected chi connectivity index (χ4v) is 3.19. The molecule has 0 radical (unpaired) electrons. The third kappa shape index (κ3) is 12.4. The first-order valence-electron chi connectivity index (χ1n) is 10.2. The number of nitrogens with zero attached hydrogens (tertiary/aromatic N) is 2. The zero-order valence-corrected chi connectivity index (χ0v) is 19.3. The monoisotopic (exact) mass is 486 g/mol. The molecule has 0 aliphatic rings. The van der Waals surface area contributed by atoms with Gasteiger partial charge in [0.05, 0.1) is 6.42 Å². The normalized spacial score (nSPS) is 12.0. The average Bonchev–Trinajstić information content (AvgIpc) is 3.15. The minimum atomic E-state index is -4.80. The smallest absolute Gasteiger partial charge is 0.406 e. The Kier molecular flexibility index (Phi) is 11.8. The number of nitrogen functional groups attached to an aromatic ring is 1. The minimum Gasteiger partial charge on any atom is -0.406 e. The molecule has 0 bridgehead atoms. The van der Waals surface area contributed by atoms with Crippen molar-refractivity contribution in [1.29, 1.82) is 0 Å². The maximum absolute atomic E-state index is 12.3. The summed E-state index contributed by atoms with van der Waals surface area (Å²) in [6.45, 7) is 4.00. The van der Waals surface area contributed by atoms with Crippen LogP contribution in [0, 0.1) is 0 Å². The molecule has 0 atom stereocenters. The van der Waals surface area contributed by atoms with Gasteiger partial charge in [0.2, 0.25) is 11.0 Å². The number of nitrogens with one attached hydrogen (secondary N) is 1. The molecule has 12 heteroatoms. The fraction of sp³-hybridized carbons (Fsp3) is 0.381. The Morgan fingerprint density at radius 2 is 1.91 bits per heavy atom. The van der Waals surface area contributed by atoms with Gasteiger partial charge < -0.3 is 27.3 Å². The number of carbonyl (C=O) groups excluding carboxylic acids is 1. The van der Waals surface area contributed by atoms with Gasteiger partial charge >= 0.3 is 6.36 Å². The predicted molar refractivity (Wildman–Crippen MR) is 123 cm³/mol. The van der Waals surface area contributed by atoms with E-state index in [1.807, 2.05) is 13.8 Å². The molecule has 0 aliphatic heterocycles. The van der Waals surface area contributed by atoms with Crippen molar-refractivity contribution in [3.63, 3.8) is 0 Å². The van der Waals surface area contributed by atoms with Crippen LogP contribution in [0.25, 0.3) is 0 Å². The molecule has 1 aromatic carbocycles. The Balaban J connectivity index is 0.00000265. The van der Waals surface area contributed by atoms with E-state index < -0.39 is 18.0 Å². The fourth-order valence-electron chi connectivity index (χ4n) is 2.54. The highest BCUT2D eigenvalue weighted by atomic mass is 32.1. The van der Waals surface area contributed by atoms with Crippen LogP contribution in [-0.2, 0) is 17.6 Å². The van der Waals surface area contributed by atoms with Gasteiger partial charge in [0.1, 0.15) is 16.6 Å². The summed E-state index contributed by atoms with van der Waals surface area (Å²) in [4.78, 5) is 12.0. The van der Waals surface area contributed by atoms with Gasteiger partial charge in [-0.2, -0.15) is 0 Å². The lowest BCUT2D eigenvalue weighted by Crippen LogP contribution is -2.28. The van der Waals surface area contributed by atoms with Gasteiger partial charge in [-0.25, -0.2) is 0 Å². The molecule has 0 saturated carbocycles. The lowest BCUT2D eigenvalue weighted by atomic mass is 10.1. The molecule has 8 nitrogen and oxygen atoms in total. The highest BCUT2D eigenvalue weighted by Gasteiger charge is 2.31. The molecule has 182 valence electrons. The van der Waals surface area contributed by atoms with Gasteiger partial charge in [-0.05, 0) is 49.1 Å². The number of rotatable bonds is 10. The summed E-state index contributed by atoms with van der Waals surface area (Å²) in [5.41, 5.74) is 18.1. The summed E-state index contributed by atoms with van der Waals surface area (Å²) >= 11 is 1.36. The number of anilines is 1. The number of aryl methyl sites for hydroxylation is 1. The van der Waals surface area contributed by atoms with E-state index >= 15 is 0 Å². The Labute approximate surface area is 194 Å². The average molecular weight is 487 g/mol. The SMILES string of the molecule is CC.N/C(=C\C=C(/N)NC(=O)Cc1cccc(OC(F)(F)F)c1)CCCCc1nnc(N)s1. The van der Waals surface area contributed by atoms with E-state index in [1.54, 1.807) is 6.08 Å². The summed E-state index contributed by atoms with van der Waals surface area (Å²) in [7, 11) is 0. The highest BCUT2D eigenvalue weighted by Crippen LogP contribution is 2.23. The van der Waals surface area contributed by atoms with E-state index in [4.69, 9.17) is 17.2 Å². The molecule has 0 unspecified atom stereocenters. The Morgan fingerprint density at radius 1 is 1.18 bits per heavy atom. The van der Waals surface area contributed by atoms with Crippen LogP contribution in [0.3, 0.4) is 0 Å². The summed E-state index contributed by atoms with van der Waals surface area (Å²) in [5.74, 6) is -0.812. The van der Waals surface area contributed by atoms with E-state index in [0.29, 0.717) is 22.8 Å². The molecule has 1 aromatic heterocycles. The first-order chi connectivity index (χ1) is 15.6. The van der Waals surface area contributed by atoms with Crippen LogP contribution in [0.2, 0.25) is 0 Å². The number of hydrogen-bond acceptors (Lipinski definition) is 8. The van der Waals surface area contributed by atoms with Gasteiger partial charge in [0, 0.05) is 12.1 Å². The van der Waals surface area contributed by atoms with E-state index in [-0.39, 0.29) is 12.2 Å². The molecule has 1 heterocycles. The third-order valence-corrected chi connectivity index (χ3v) is 4.66. The van der Waals surface area contributed by atoms with Crippen molar-refractivity contribution >= 4 is 22.4 Å². The maximum atomic E-state index is 12.3. The Hall–Kier alpha value is -3.28. The number of amides is 1. The van der Waals surface area contributed by atoms with Crippen LogP contribution in [0.5, 0.6) is 5.75 Å². The zero-order valence-electron chi connectivity index (χ0n) is 18.5. The molecular weight excluding hydrogens is 457 g/mol. The molecule has 7 N–H and O–H groups in total. The van der Waals surface area contributed by atoms with Crippen LogP contribution < -0.4 is 27.3 Å². The van der Waals surface area contributed by atoms with Crippen molar-refractivity contribution in [3.05, 3.63) is 58.5 Å². The van der Waals surface area contributed by atoms with Gasteiger partial charge in [-0.3, -0.25) is 4.79 Å². The van der Waals surface area contributed by atoms with Crippen LogP contribution >= 0.6 is 11.3 Å². The number of nitrogens with two attached hydrogens (primary N) is 3. The number of alkyl halides is 3. The topological polar surface area (TPSA) is 142 Å². The molecule has 2 rings (SSSR count). The van der Waals surface area contributed by atoms with Crippen molar-refractivity contribution in [3.8, 4) is 5.75 Å². The molecule has 2 aromatic rings. The summed E-state index contributed by atoms with van der Waals surface area (Å²) in [6.07, 6.45) is 1.20. The zero-order chi connectivity index (χ0) is 24.9. The highest BCUT2D eigenvalue weighted by molar-refractivity contribution is 7.15.